The van der Waals surface area contributed by atoms with E-state index >= 15 is 0 Å². The van der Waals surface area contributed by atoms with E-state index in [0.29, 0.717) is 29.8 Å². The molecule has 0 aliphatic carbocycles. The summed E-state index contributed by atoms with van der Waals surface area (Å²) in [4.78, 5) is 16.7. The number of carbonyl (C=O) groups excluding carboxylic acids is 1. The molecular weight excluding hydrogens is 378 g/mol. The lowest BCUT2D eigenvalue weighted by atomic mass is 10.0. The summed E-state index contributed by atoms with van der Waals surface area (Å²) < 4.78 is 5.30. The Kier molecular flexibility index (Phi) is 5.25. The number of hydrogen-bond donors (Lipinski definition) is 0. The Morgan fingerprint density at radius 1 is 1.21 bits per heavy atom. The summed E-state index contributed by atoms with van der Waals surface area (Å²) in [5, 5.41) is 12.7. The molecule has 1 aliphatic rings. The van der Waals surface area contributed by atoms with E-state index in [-0.39, 0.29) is 11.7 Å². The molecule has 0 N–H and O–H groups in total. The predicted molar refractivity (Wildman–Crippen MR) is 106 cm³/mol. The second-order valence-corrected chi connectivity index (χ2v) is 7.24. The minimum Gasteiger partial charge on any atom is -0.355 e. The van der Waals surface area contributed by atoms with Crippen molar-refractivity contribution in [1.29, 1.82) is 0 Å². The lowest BCUT2D eigenvalue weighted by molar-refractivity contribution is 0.0671. The molecule has 4 rings (SSSR count). The van der Waals surface area contributed by atoms with Crippen molar-refractivity contribution >= 4 is 23.3 Å². The van der Waals surface area contributed by atoms with Gasteiger partial charge in [-0.25, -0.2) is 0 Å². The van der Waals surface area contributed by atoms with Gasteiger partial charge in [0.25, 0.3) is 5.91 Å². The Morgan fingerprint density at radius 3 is 2.75 bits per heavy atom. The average molecular weight is 398 g/mol. The molecule has 0 bridgehead atoms. The standard InChI is InChI=1S/C20H20ClN5O2/c1-25(19-6-3-9-22-23-19)16-7-10-26(11-8-16)20(27)18-13-17(24-28-18)14-4-2-5-15(21)12-14/h2-6,9,12-13,16H,7-8,10-11H2,1H3. The summed E-state index contributed by atoms with van der Waals surface area (Å²) in [7, 11) is 2.01. The maximum atomic E-state index is 12.8. The van der Waals surface area contributed by atoms with E-state index in [4.69, 9.17) is 16.1 Å². The Morgan fingerprint density at radius 2 is 2.04 bits per heavy atom. The lowest BCUT2D eigenvalue weighted by Gasteiger charge is -2.36. The van der Waals surface area contributed by atoms with Crippen LogP contribution in [0.2, 0.25) is 5.02 Å². The normalized spacial score (nSPS) is 14.9. The number of piperidine rings is 1. The van der Waals surface area contributed by atoms with Gasteiger partial charge in [-0.3, -0.25) is 4.79 Å². The van der Waals surface area contributed by atoms with Crippen LogP contribution in [0.4, 0.5) is 5.82 Å². The number of carbonyl (C=O) groups is 1. The minimum absolute atomic E-state index is 0.138. The highest BCUT2D eigenvalue weighted by molar-refractivity contribution is 6.30. The first-order valence-corrected chi connectivity index (χ1v) is 9.52. The van der Waals surface area contributed by atoms with Crippen LogP contribution in [0.15, 0.2) is 53.2 Å². The number of amides is 1. The Hall–Kier alpha value is -2.93. The highest BCUT2D eigenvalue weighted by Gasteiger charge is 2.28. The first-order chi connectivity index (χ1) is 13.6. The van der Waals surface area contributed by atoms with Crippen molar-refractivity contribution < 1.29 is 9.32 Å². The summed E-state index contributed by atoms with van der Waals surface area (Å²) in [6.07, 6.45) is 3.37. The van der Waals surface area contributed by atoms with Crippen molar-refractivity contribution in [1.82, 2.24) is 20.3 Å². The summed E-state index contributed by atoms with van der Waals surface area (Å²) >= 11 is 6.02. The third-order valence-electron chi connectivity index (χ3n) is 5.06. The molecular formula is C20H20ClN5O2. The van der Waals surface area contributed by atoms with Crippen molar-refractivity contribution in [2.75, 3.05) is 25.0 Å². The zero-order valence-electron chi connectivity index (χ0n) is 15.5. The molecule has 1 aliphatic heterocycles. The van der Waals surface area contributed by atoms with Crippen LogP contribution in [0, 0.1) is 0 Å². The molecule has 2 aromatic heterocycles. The fourth-order valence-electron chi connectivity index (χ4n) is 3.44. The van der Waals surface area contributed by atoms with Crippen molar-refractivity contribution in [3.8, 4) is 11.3 Å². The van der Waals surface area contributed by atoms with E-state index in [0.717, 1.165) is 24.2 Å². The van der Waals surface area contributed by atoms with Gasteiger partial charge in [-0.1, -0.05) is 28.9 Å². The summed E-state index contributed by atoms with van der Waals surface area (Å²) in [5.74, 6) is 0.950. The van der Waals surface area contributed by atoms with Crippen LogP contribution in [-0.4, -0.2) is 52.3 Å². The summed E-state index contributed by atoms with van der Waals surface area (Å²) in [6, 6.07) is 13.1. The molecule has 1 aromatic carbocycles. The van der Waals surface area contributed by atoms with Gasteiger partial charge in [0, 0.05) is 49.0 Å². The van der Waals surface area contributed by atoms with Crippen LogP contribution < -0.4 is 4.90 Å². The van der Waals surface area contributed by atoms with E-state index in [9.17, 15) is 4.79 Å². The molecule has 7 nitrogen and oxygen atoms in total. The number of halogens is 1. The van der Waals surface area contributed by atoms with E-state index in [2.05, 4.69) is 20.3 Å². The van der Waals surface area contributed by atoms with E-state index in [1.807, 2.05) is 36.2 Å². The van der Waals surface area contributed by atoms with Crippen LogP contribution in [0.5, 0.6) is 0 Å². The second-order valence-electron chi connectivity index (χ2n) is 6.80. The largest absolute Gasteiger partial charge is 0.355 e. The van der Waals surface area contributed by atoms with Gasteiger partial charge in [0.2, 0.25) is 5.76 Å². The Bertz CT molecular complexity index is 954. The number of anilines is 1. The summed E-state index contributed by atoms with van der Waals surface area (Å²) in [6.45, 7) is 1.31. The van der Waals surface area contributed by atoms with Crippen molar-refractivity contribution in [2.45, 2.75) is 18.9 Å². The van der Waals surface area contributed by atoms with Crippen LogP contribution in [-0.2, 0) is 0 Å². The Balaban J connectivity index is 1.39. The second kappa shape index (κ2) is 7.98. The molecule has 0 saturated carbocycles. The van der Waals surface area contributed by atoms with Crippen LogP contribution >= 0.6 is 11.6 Å². The highest BCUT2D eigenvalue weighted by atomic mass is 35.5. The molecule has 144 valence electrons. The molecule has 0 unspecified atom stereocenters. The van der Waals surface area contributed by atoms with E-state index in [1.165, 1.54) is 0 Å². The Labute approximate surface area is 167 Å². The smallest absolute Gasteiger partial charge is 0.292 e. The zero-order valence-corrected chi connectivity index (χ0v) is 16.2. The van der Waals surface area contributed by atoms with Crippen LogP contribution in [0.1, 0.15) is 23.4 Å². The summed E-state index contributed by atoms with van der Waals surface area (Å²) in [5.41, 5.74) is 1.42. The quantitative estimate of drug-likeness (QED) is 0.670. The number of likely N-dealkylation sites (tertiary alicyclic amines) is 1. The minimum atomic E-state index is -0.138. The van der Waals surface area contributed by atoms with Gasteiger partial charge in [-0.15, -0.1) is 5.10 Å². The number of nitrogens with zero attached hydrogens (tertiary/aromatic N) is 5. The van der Waals surface area contributed by atoms with Gasteiger partial charge >= 0.3 is 0 Å². The topological polar surface area (TPSA) is 75.4 Å². The predicted octanol–water partition coefficient (Wildman–Crippen LogP) is 3.53. The number of benzene rings is 1. The fourth-order valence-corrected chi connectivity index (χ4v) is 3.63. The van der Waals surface area contributed by atoms with Crippen LogP contribution in [0.25, 0.3) is 11.3 Å². The number of hydrogen-bond acceptors (Lipinski definition) is 6. The molecule has 0 radical (unpaired) electrons. The van der Waals surface area contributed by atoms with Crippen molar-refractivity contribution in [2.24, 2.45) is 0 Å². The third-order valence-corrected chi connectivity index (χ3v) is 5.30. The molecule has 28 heavy (non-hydrogen) atoms. The molecule has 1 saturated heterocycles. The highest BCUT2D eigenvalue weighted by Crippen LogP contribution is 2.25. The molecule has 1 fully saturated rings. The van der Waals surface area contributed by atoms with Gasteiger partial charge in [0.1, 0.15) is 5.69 Å². The fraction of sp³-hybridized carbons (Fsp3) is 0.300. The number of aromatic nitrogens is 3. The monoisotopic (exact) mass is 397 g/mol. The first kappa shape index (κ1) is 18.4. The average Bonchev–Trinajstić information content (AvgIpc) is 3.24. The van der Waals surface area contributed by atoms with E-state index in [1.54, 1.807) is 24.4 Å². The van der Waals surface area contributed by atoms with Gasteiger partial charge in [0.15, 0.2) is 5.82 Å². The van der Waals surface area contributed by atoms with Gasteiger partial charge in [-0.05, 0) is 37.1 Å². The van der Waals surface area contributed by atoms with E-state index < -0.39 is 0 Å². The SMILES string of the molecule is CN(c1cccnn1)C1CCN(C(=O)c2cc(-c3cccc(Cl)c3)no2)CC1. The molecule has 0 atom stereocenters. The van der Waals surface area contributed by atoms with Gasteiger partial charge in [-0.2, -0.15) is 5.10 Å². The molecule has 3 heterocycles. The van der Waals surface area contributed by atoms with Crippen molar-refractivity contribution in [3.05, 3.63) is 59.4 Å². The molecule has 3 aromatic rings. The third kappa shape index (κ3) is 3.84. The van der Waals surface area contributed by atoms with Crippen molar-refractivity contribution in [3.63, 3.8) is 0 Å². The lowest BCUT2D eigenvalue weighted by Crippen LogP contribution is -2.45. The van der Waals surface area contributed by atoms with Crippen LogP contribution in [0.3, 0.4) is 0 Å². The molecule has 0 spiro atoms. The first-order valence-electron chi connectivity index (χ1n) is 9.14. The zero-order chi connectivity index (χ0) is 19.5. The molecule has 1 amide bonds. The molecule has 8 heteroatoms. The van der Waals surface area contributed by atoms with Gasteiger partial charge in [0.05, 0.1) is 0 Å². The maximum Gasteiger partial charge on any atom is 0.292 e. The number of rotatable bonds is 4. The maximum absolute atomic E-state index is 12.8. The van der Waals surface area contributed by atoms with Gasteiger partial charge < -0.3 is 14.3 Å².